The summed E-state index contributed by atoms with van der Waals surface area (Å²) >= 11 is 12.2. The van der Waals surface area contributed by atoms with Gasteiger partial charge in [-0.25, -0.2) is 0 Å². The van der Waals surface area contributed by atoms with Gasteiger partial charge < -0.3 is 14.8 Å². The molecule has 29 heavy (non-hydrogen) atoms. The maximum absolute atomic E-state index is 6.24. The summed E-state index contributed by atoms with van der Waals surface area (Å²) in [6.07, 6.45) is 8.75. The molecule has 0 fully saturated rings. The number of allylic oxidation sites excluding steroid dienone is 1. The molecule has 0 aliphatic heterocycles. The fourth-order valence-corrected chi connectivity index (χ4v) is 3.92. The second kappa shape index (κ2) is 11.5. The van der Waals surface area contributed by atoms with Gasteiger partial charge in [-0.15, -0.1) is 0 Å². The molecule has 0 amide bonds. The number of hydrogen-bond donors (Lipinski definition) is 1. The van der Waals surface area contributed by atoms with Crippen molar-refractivity contribution in [2.45, 2.75) is 52.2 Å². The Labute approximate surface area is 184 Å². The number of halogens is 2. The molecule has 0 aromatic heterocycles. The van der Waals surface area contributed by atoms with E-state index in [9.17, 15) is 0 Å². The molecule has 0 saturated carbocycles. The molecule has 0 atom stereocenters. The second-order valence-corrected chi connectivity index (χ2v) is 8.12. The van der Waals surface area contributed by atoms with Gasteiger partial charge in [0.05, 0.1) is 6.61 Å². The summed E-state index contributed by atoms with van der Waals surface area (Å²) in [5.74, 6) is 1.47. The van der Waals surface area contributed by atoms with Crippen LogP contribution < -0.4 is 14.8 Å². The molecule has 1 N–H and O–H groups in total. The van der Waals surface area contributed by atoms with Gasteiger partial charge >= 0.3 is 0 Å². The van der Waals surface area contributed by atoms with Gasteiger partial charge in [0, 0.05) is 22.2 Å². The predicted octanol–water partition coefficient (Wildman–Crippen LogP) is 6.95. The SMILES string of the molecule is CCOc1cc(CNCCC2=CCCCC2)ccc1OCc1ccc(Cl)cc1Cl. The molecule has 0 radical (unpaired) electrons. The Balaban J connectivity index is 1.55. The van der Waals surface area contributed by atoms with Crippen LogP contribution in [0.4, 0.5) is 0 Å². The van der Waals surface area contributed by atoms with Crippen LogP contribution in [0.15, 0.2) is 48.0 Å². The Kier molecular flexibility index (Phi) is 8.72. The van der Waals surface area contributed by atoms with Crippen LogP contribution >= 0.6 is 23.2 Å². The summed E-state index contributed by atoms with van der Waals surface area (Å²) in [4.78, 5) is 0. The number of ether oxygens (including phenoxy) is 2. The van der Waals surface area contributed by atoms with Gasteiger partial charge in [-0.2, -0.15) is 0 Å². The zero-order chi connectivity index (χ0) is 20.5. The van der Waals surface area contributed by atoms with Gasteiger partial charge in [0.2, 0.25) is 0 Å². The van der Waals surface area contributed by atoms with Crippen LogP contribution in [0.5, 0.6) is 11.5 Å². The molecule has 0 heterocycles. The van der Waals surface area contributed by atoms with Crippen LogP contribution in [0.2, 0.25) is 10.0 Å². The average molecular weight is 434 g/mol. The molecule has 0 spiro atoms. The quantitative estimate of drug-likeness (QED) is 0.324. The first-order valence-electron chi connectivity index (χ1n) is 10.4. The van der Waals surface area contributed by atoms with Gasteiger partial charge in [-0.3, -0.25) is 0 Å². The second-order valence-electron chi connectivity index (χ2n) is 7.27. The number of rotatable bonds is 10. The minimum absolute atomic E-state index is 0.364. The van der Waals surface area contributed by atoms with Crippen LogP contribution in [-0.2, 0) is 13.2 Å². The highest BCUT2D eigenvalue weighted by atomic mass is 35.5. The lowest BCUT2D eigenvalue weighted by Crippen LogP contribution is -2.15. The highest BCUT2D eigenvalue weighted by molar-refractivity contribution is 6.35. The summed E-state index contributed by atoms with van der Waals surface area (Å²) in [5.41, 5.74) is 3.67. The maximum Gasteiger partial charge on any atom is 0.161 e. The fourth-order valence-electron chi connectivity index (χ4n) is 3.46. The van der Waals surface area contributed by atoms with E-state index < -0.39 is 0 Å². The summed E-state index contributed by atoms with van der Waals surface area (Å²) in [7, 11) is 0. The molecule has 3 rings (SSSR count). The van der Waals surface area contributed by atoms with Crippen LogP contribution in [0.25, 0.3) is 0 Å². The lowest BCUT2D eigenvalue weighted by molar-refractivity contribution is 0.269. The van der Waals surface area contributed by atoms with E-state index in [-0.39, 0.29) is 0 Å². The number of nitrogens with one attached hydrogen (secondary N) is 1. The Morgan fingerprint density at radius 3 is 2.66 bits per heavy atom. The van der Waals surface area contributed by atoms with Gasteiger partial charge in [0.25, 0.3) is 0 Å². The van der Waals surface area contributed by atoms with E-state index in [1.807, 2.05) is 25.1 Å². The first-order valence-corrected chi connectivity index (χ1v) is 11.1. The first-order chi connectivity index (χ1) is 14.2. The largest absolute Gasteiger partial charge is 0.490 e. The topological polar surface area (TPSA) is 30.5 Å². The van der Waals surface area contributed by atoms with E-state index in [4.69, 9.17) is 32.7 Å². The van der Waals surface area contributed by atoms with Crippen LogP contribution in [-0.4, -0.2) is 13.2 Å². The van der Waals surface area contributed by atoms with Gasteiger partial charge in [-0.05, 0) is 75.4 Å². The number of hydrogen-bond acceptors (Lipinski definition) is 3. The average Bonchev–Trinajstić information content (AvgIpc) is 2.73. The van der Waals surface area contributed by atoms with E-state index in [0.29, 0.717) is 29.0 Å². The van der Waals surface area contributed by atoms with Crippen molar-refractivity contribution < 1.29 is 9.47 Å². The van der Waals surface area contributed by atoms with Crippen molar-refractivity contribution in [3.05, 3.63) is 69.2 Å². The molecule has 5 heteroatoms. The Morgan fingerprint density at radius 2 is 1.90 bits per heavy atom. The van der Waals surface area contributed by atoms with E-state index in [0.717, 1.165) is 30.8 Å². The molecular formula is C24H29Cl2NO2. The van der Waals surface area contributed by atoms with Crippen LogP contribution in [0, 0.1) is 0 Å². The van der Waals surface area contributed by atoms with E-state index in [1.54, 1.807) is 11.6 Å². The van der Waals surface area contributed by atoms with Crippen LogP contribution in [0.1, 0.15) is 50.2 Å². The minimum Gasteiger partial charge on any atom is -0.490 e. The first kappa shape index (κ1) is 22.0. The third-order valence-corrected chi connectivity index (χ3v) is 5.63. The smallest absolute Gasteiger partial charge is 0.161 e. The lowest BCUT2D eigenvalue weighted by atomic mass is 9.97. The summed E-state index contributed by atoms with van der Waals surface area (Å²) < 4.78 is 11.8. The van der Waals surface area contributed by atoms with Crippen molar-refractivity contribution in [3.63, 3.8) is 0 Å². The molecule has 0 saturated heterocycles. The van der Waals surface area contributed by atoms with E-state index in [1.165, 1.54) is 31.2 Å². The third kappa shape index (κ3) is 6.95. The van der Waals surface area contributed by atoms with Crippen molar-refractivity contribution in [3.8, 4) is 11.5 Å². The molecule has 3 nitrogen and oxygen atoms in total. The van der Waals surface area contributed by atoms with Gasteiger partial charge in [-0.1, -0.05) is 47.0 Å². The van der Waals surface area contributed by atoms with Crippen molar-refractivity contribution in [1.82, 2.24) is 5.32 Å². The molecule has 2 aromatic rings. The minimum atomic E-state index is 0.364. The van der Waals surface area contributed by atoms with Crippen molar-refractivity contribution in [1.29, 1.82) is 0 Å². The highest BCUT2D eigenvalue weighted by Gasteiger charge is 2.09. The van der Waals surface area contributed by atoms with Gasteiger partial charge in [0.15, 0.2) is 11.5 Å². The maximum atomic E-state index is 6.24. The Bertz CT molecular complexity index is 836. The van der Waals surface area contributed by atoms with E-state index >= 15 is 0 Å². The van der Waals surface area contributed by atoms with Crippen molar-refractivity contribution in [2.75, 3.05) is 13.2 Å². The third-order valence-electron chi connectivity index (χ3n) is 5.04. The van der Waals surface area contributed by atoms with Crippen molar-refractivity contribution >= 4 is 23.2 Å². The Hall–Kier alpha value is -1.68. The normalized spacial score (nSPS) is 13.8. The van der Waals surface area contributed by atoms with Crippen LogP contribution in [0.3, 0.4) is 0 Å². The number of benzene rings is 2. The predicted molar refractivity (Wildman–Crippen MR) is 121 cm³/mol. The van der Waals surface area contributed by atoms with Gasteiger partial charge in [0.1, 0.15) is 6.61 Å². The zero-order valence-electron chi connectivity index (χ0n) is 17.0. The van der Waals surface area contributed by atoms with E-state index in [2.05, 4.69) is 23.5 Å². The molecule has 0 bridgehead atoms. The molecular weight excluding hydrogens is 405 g/mol. The molecule has 156 valence electrons. The lowest BCUT2D eigenvalue weighted by Gasteiger charge is -2.15. The zero-order valence-corrected chi connectivity index (χ0v) is 18.5. The molecule has 1 aliphatic rings. The summed E-state index contributed by atoms with van der Waals surface area (Å²) in [6.45, 7) is 4.74. The van der Waals surface area contributed by atoms with Crippen molar-refractivity contribution in [2.24, 2.45) is 0 Å². The standard InChI is InChI=1S/C24H29Cl2NO2/c1-2-28-24-14-19(16-27-13-12-18-6-4-3-5-7-18)8-11-23(24)29-17-20-9-10-21(25)15-22(20)26/h6,8-11,14-15,27H,2-5,7,12-13,16-17H2,1H3. The fraction of sp³-hybridized carbons (Fsp3) is 0.417. The molecule has 0 unspecified atom stereocenters. The summed E-state index contributed by atoms with van der Waals surface area (Å²) in [5, 5.41) is 4.76. The summed E-state index contributed by atoms with van der Waals surface area (Å²) in [6, 6.07) is 11.5. The molecule has 1 aliphatic carbocycles. The highest BCUT2D eigenvalue weighted by Crippen LogP contribution is 2.30. The monoisotopic (exact) mass is 433 g/mol. The molecule has 2 aromatic carbocycles. The Morgan fingerprint density at radius 1 is 1.00 bits per heavy atom.